The smallest absolute Gasteiger partial charge is 0.424 e. The molecule has 0 saturated carbocycles. The van der Waals surface area contributed by atoms with Crippen LogP contribution in [0, 0.1) is 0 Å². The highest BCUT2D eigenvalue weighted by Crippen LogP contribution is 2.37. The van der Waals surface area contributed by atoms with Crippen molar-refractivity contribution in [2.24, 2.45) is 5.73 Å². The number of hydrogen-bond donors (Lipinski definition) is 4. The first kappa shape index (κ1) is 22.9. The number of morpholine rings is 1. The number of imidazole rings is 1. The lowest BCUT2D eigenvalue weighted by Gasteiger charge is -2.38. The molecular formula is C17H20Cl2F3N5O3. The summed E-state index contributed by atoms with van der Waals surface area (Å²) in [6, 6.07) is 0.944. The van der Waals surface area contributed by atoms with Crippen molar-refractivity contribution in [3.8, 4) is 0 Å². The van der Waals surface area contributed by atoms with Crippen molar-refractivity contribution in [1.29, 1.82) is 0 Å². The van der Waals surface area contributed by atoms with Crippen molar-refractivity contribution >= 4 is 46.2 Å². The van der Waals surface area contributed by atoms with Gasteiger partial charge >= 0.3 is 12.1 Å². The van der Waals surface area contributed by atoms with Crippen LogP contribution >= 0.6 is 23.2 Å². The second-order valence-corrected chi connectivity index (χ2v) is 7.77. The largest absolute Gasteiger partial charge is 0.479 e. The molecule has 1 aromatic carbocycles. The molecule has 2 unspecified atom stereocenters. The van der Waals surface area contributed by atoms with Crippen LogP contribution in [0.5, 0.6) is 0 Å². The topological polar surface area (TPSA) is 116 Å². The number of hydrogen-bond acceptors (Lipinski definition) is 6. The fourth-order valence-electron chi connectivity index (χ4n) is 3.32. The van der Waals surface area contributed by atoms with Gasteiger partial charge in [-0.15, -0.1) is 0 Å². The first-order valence-corrected chi connectivity index (χ1v) is 9.79. The molecule has 0 radical (unpaired) electrons. The predicted octanol–water partition coefficient (Wildman–Crippen LogP) is 2.72. The summed E-state index contributed by atoms with van der Waals surface area (Å²) in [6.07, 6.45) is -5.42. The van der Waals surface area contributed by atoms with Crippen LogP contribution in [-0.2, 0) is 9.53 Å². The molecule has 13 heteroatoms. The average Bonchev–Trinajstić information content (AvgIpc) is 3.05. The number of carboxylic acids is 1. The van der Waals surface area contributed by atoms with Gasteiger partial charge in [0, 0.05) is 19.1 Å². The number of carboxylic acid groups (broad SMARTS) is 1. The van der Waals surface area contributed by atoms with Gasteiger partial charge in [0.2, 0.25) is 11.5 Å². The number of nitrogens with zero attached hydrogens (tertiary/aromatic N) is 2. The summed E-state index contributed by atoms with van der Waals surface area (Å²) < 4.78 is 47.4. The number of aromatic amines is 1. The number of nitrogens with two attached hydrogens (primary N) is 1. The van der Waals surface area contributed by atoms with Gasteiger partial charge in [-0.25, -0.2) is 9.78 Å². The summed E-state index contributed by atoms with van der Waals surface area (Å²) in [6.45, 7) is 2.19. The van der Waals surface area contributed by atoms with Gasteiger partial charge in [-0.3, -0.25) is 4.90 Å². The Morgan fingerprint density at radius 3 is 2.57 bits per heavy atom. The zero-order chi connectivity index (χ0) is 22.1. The van der Waals surface area contributed by atoms with E-state index < -0.39 is 29.7 Å². The molecule has 0 spiro atoms. The van der Waals surface area contributed by atoms with Gasteiger partial charge in [0.1, 0.15) is 0 Å². The fraction of sp³-hybridized carbons (Fsp3) is 0.529. The Kier molecular flexibility index (Phi) is 6.68. The molecule has 1 aliphatic heterocycles. The molecular weight excluding hydrogens is 450 g/mol. The summed E-state index contributed by atoms with van der Waals surface area (Å²) in [7, 11) is 0. The molecule has 8 nitrogen and oxygen atoms in total. The minimum atomic E-state index is -5.21. The second-order valence-electron chi connectivity index (χ2n) is 6.95. The quantitative estimate of drug-likeness (QED) is 0.492. The standard InChI is InChI=1S/C17H20Cl2F3N5O3/c18-9-7-11-12(8-10(9)19)25-15(24-11)26-16(14(28)29,17(20,21)22)13(23)1-2-27-3-5-30-6-4-27/h7-8,13H,1-6,23H2,(H,28,29)(H2,24,25,26). The normalized spacial score (nSPS) is 18.9. The zero-order valence-electron chi connectivity index (χ0n) is 15.6. The van der Waals surface area contributed by atoms with Gasteiger partial charge < -0.3 is 25.9 Å². The lowest BCUT2D eigenvalue weighted by Crippen LogP contribution is -2.68. The van der Waals surface area contributed by atoms with Crippen molar-refractivity contribution in [2.75, 3.05) is 38.2 Å². The molecule has 30 heavy (non-hydrogen) atoms. The molecule has 3 rings (SSSR count). The van der Waals surface area contributed by atoms with Crippen LogP contribution < -0.4 is 11.1 Å². The maximum atomic E-state index is 14.1. The maximum Gasteiger partial charge on any atom is 0.424 e. The van der Waals surface area contributed by atoms with E-state index in [1.165, 1.54) is 12.1 Å². The first-order valence-electron chi connectivity index (χ1n) is 9.03. The van der Waals surface area contributed by atoms with Gasteiger partial charge in [-0.05, 0) is 25.1 Å². The molecule has 2 aromatic rings. The number of aliphatic carboxylic acids is 1. The Balaban J connectivity index is 1.90. The number of fused-ring (bicyclic) bond motifs is 1. The second kappa shape index (κ2) is 8.75. The number of benzene rings is 1. The molecule has 1 fully saturated rings. The molecule has 0 amide bonds. The number of anilines is 1. The van der Waals surface area contributed by atoms with Crippen LogP contribution in [0.15, 0.2) is 12.1 Å². The third kappa shape index (κ3) is 4.45. The average molecular weight is 470 g/mol. The Hall–Kier alpha value is -1.79. The van der Waals surface area contributed by atoms with Gasteiger partial charge in [0.25, 0.3) is 0 Å². The van der Waals surface area contributed by atoms with Crippen LogP contribution in [0.25, 0.3) is 11.0 Å². The number of alkyl halides is 3. The van der Waals surface area contributed by atoms with Crippen LogP contribution in [0.2, 0.25) is 10.0 Å². The van der Waals surface area contributed by atoms with E-state index in [1.54, 1.807) is 0 Å². The number of carbonyl (C=O) groups is 1. The van der Waals surface area contributed by atoms with Gasteiger partial charge in [-0.2, -0.15) is 13.2 Å². The van der Waals surface area contributed by atoms with Crippen LogP contribution in [0.4, 0.5) is 19.1 Å². The lowest BCUT2D eigenvalue weighted by molar-refractivity contribution is -0.201. The SMILES string of the molecule is NC(CCN1CCOCC1)C(Nc1nc2cc(Cl)c(Cl)cc2[nH]1)(C(=O)O)C(F)(F)F. The van der Waals surface area contributed by atoms with Gasteiger partial charge in [0.15, 0.2) is 0 Å². The maximum absolute atomic E-state index is 14.1. The number of nitrogens with one attached hydrogen (secondary N) is 2. The van der Waals surface area contributed by atoms with E-state index in [2.05, 4.69) is 9.97 Å². The molecule has 2 heterocycles. The third-order valence-electron chi connectivity index (χ3n) is 5.04. The highest BCUT2D eigenvalue weighted by Gasteiger charge is 2.65. The highest BCUT2D eigenvalue weighted by molar-refractivity contribution is 6.42. The number of H-pyrrole nitrogens is 1. The Morgan fingerprint density at radius 1 is 1.33 bits per heavy atom. The summed E-state index contributed by atoms with van der Waals surface area (Å²) >= 11 is 11.8. The predicted molar refractivity (Wildman–Crippen MR) is 106 cm³/mol. The zero-order valence-corrected chi connectivity index (χ0v) is 17.1. The Labute approximate surface area is 179 Å². The van der Waals surface area contributed by atoms with E-state index in [1.807, 2.05) is 10.2 Å². The van der Waals surface area contributed by atoms with E-state index in [-0.39, 0.29) is 34.0 Å². The van der Waals surface area contributed by atoms with E-state index >= 15 is 0 Å². The number of aromatic nitrogens is 2. The van der Waals surface area contributed by atoms with Crippen LogP contribution in [0.3, 0.4) is 0 Å². The molecule has 0 bridgehead atoms. The summed E-state index contributed by atoms with van der Waals surface area (Å²) in [5.41, 5.74) is 2.89. The molecule has 5 N–H and O–H groups in total. The van der Waals surface area contributed by atoms with Crippen LogP contribution in [-0.4, -0.2) is 76.5 Å². The van der Waals surface area contributed by atoms with Crippen molar-refractivity contribution in [1.82, 2.24) is 14.9 Å². The van der Waals surface area contributed by atoms with Crippen molar-refractivity contribution in [3.63, 3.8) is 0 Å². The van der Waals surface area contributed by atoms with Crippen LogP contribution in [0.1, 0.15) is 6.42 Å². The third-order valence-corrected chi connectivity index (χ3v) is 5.76. The molecule has 0 aliphatic carbocycles. The Morgan fingerprint density at radius 2 is 1.97 bits per heavy atom. The van der Waals surface area contributed by atoms with Crippen molar-refractivity contribution in [2.45, 2.75) is 24.2 Å². The van der Waals surface area contributed by atoms with E-state index in [9.17, 15) is 23.1 Å². The minimum Gasteiger partial charge on any atom is -0.479 e. The fourth-order valence-corrected chi connectivity index (χ4v) is 3.64. The first-order chi connectivity index (χ1) is 14.0. The number of rotatable bonds is 7. The highest BCUT2D eigenvalue weighted by atomic mass is 35.5. The number of ether oxygens (including phenoxy) is 1. The molecule has 1 aliphatic rings. The minimum absolute atomic E-state index is 0.157. The molecule has 2 atom stereocenters. The Bertz CT molecular complexity index is 881. The molecule has 1 saturated heterocycles. The summed E-state index contributed by atoms with van der Waals surface area (Å²) in [4.78, 5) is 20.3. The molecule has 166 valence electrons. The molecule has 1 aromatic heterocycles. The van der Waals surface area contributed by atoms with Crippen molar-refractivity contribution in [3.05, 3.63) is 22.2 Å². The van der Waals surface area contributed by atoms with Gasteiger partial charge in [-0.1, -0.05) is 23.2 Å². The van der Waals surface area contributed by atoms with E-state index in [4.69, 9.17) is 33.7 Å². The van der Waals surface area contributed by atoms with Gasteiger partial charge in [0.05, 0.1) is 34.3 Å². The number of halogens is 5. The van der Waals surface area contributed by atoms with E-state index in [0.717, 1.165) is 0 Å². The summed E-state index contributed by atoms with van der Waals surface area (Å²) in [5, 5.41) is 11.9. The van der Waals surface area contributed by atoms with E-state index in [0.29, 0.717) is 26.3 Å². The lowest BCUT2D eigenvalue weighted by atomic mass is 9.87. The summed E-state index contributed by atoms with van der Waals surface area (Å²) in [5.74, 6) is -2.56. The van der Waals surface area contributed by atoms with Crippen molar-refractivity contribution < 1.29 is 27.8 Å². The monoisotopic (exact) mass is 469 g/mol.